The number of carbonyl (C=O) groups excluding carboxylic acids is 2. The van der Waals surface area contributed by atoms with E-state index in [2.05, 4.69) is 101 Å². The molecule has 0 bridgehead atoms. The smallest absolute Gasteiger partial charge is 0.311 e. The summed E-state index contributed by atoms with van der Waals surface area (Å²) < 4.78 is 61.5. The molecule has 86 heavy (non-hydrogen) atoms. The van der Waals surface area contributed by atoms with Gasteiger partial charge in [-0.25, -0.2) is 0 Å². The first-order valence-electron chi connectivity index (χ1n) is 33.4. The largest absolute Gasteiger partial charge is 0.497 e. The van der Waals surface area contributed by atoms with Crippen LogP contribution in [0.4, 0.5) is 0 Å². The summed E-state index contributed by atoms with van der Waals surface area (Å²) in [5.74, 6) is 2.79. The quantitative estimate of drug-likeness (QED) is 0.0480. The highest BCUT2D eigenvalue weighted by Crippen LogP contribution is 2.44. The molecule has 13 heteroatoms. The molecule has 1 aromatic rings. The van der Waals surface area contributed by atoms with E-state index in [1.54, 1.807) is 7.11 Å². The number of esters is 1. The van der Waals surface area contributed by atoms with Crippen molar-refractivity contribution in [1.82, 2.24) is 0 Å². The van der Waals surface area contributed by atoms with Crippen LogP contribution in [0.25, 0.3) is 0 Å². The topological polar surface area (TPSA) is 147 Å². The molecule has 22 atom stereocenters. The molecule has 7 saturated heterocycles. The number of aldehydes is 1. The Morgan fingerprint density at radius 3 is 1.86 bits per heavy atom. The first-order valence-corrected chi connectivity index (χ1v) is 33.4. The van der Waals surface area contributed by atoms with E-state index >= 15 is 0 Å². The number of fused-ring (bicyclic) bond motifs is 2. The van der Waals surface area contributed by atoms with Crippen molar-refractivity contribution in [1.29, 1.82) is 0 Å². The third-order valence-electron chi connectivity index (χ3n) is 19.7. The molecule has 0 amide bonds. The van der Waals surface area contributed by atoms with Crippen LogP contribution >= 0.6 is 0 Å². The minimum atomic E-state index is -0.555. The molecule has 8 rings (SSSR count). The first kappa shape index (κ1) is 71.6. The fraction of sp³-hybridized carbons (Fsp3) is 0.767. The normalized spacial score (nSPS) is 36.5. The number of methoxy groups -OCH3 is 1. The zero-order valence-electron chi connectivity index (χ0n) is 55.7. The van der Waals surface area contributed by atoms with Gasteiger partial charge < -0.3 is 57.3 Å². The van der Waals surface area contributed by atoms with Crippen LogP contribution in [-0.4, -0.2) is 129 Å². The molecule has 1 N–H and O–H groups in total. The summed E-state index contributed by atoms with van der Waals surface area (Å²) in [5.41, 5.74) is 8.23. The van der Waals surface area contributed by atoms with Crippen molar-refractivity contribution >= 4 is 12.3 Å². The molecule has 0 spiro atoms. The molecule has 7 aliphatic heterocycles. The van der Waals surface area contributed by atoms with Gasteiger partial charge in [0.2, 0.25) is 0 Å². The second-order valence-corrected chi connectivity index (χ2v) is 28.0. The van der Waals surface area contributed by atoms with Crippen LogP contribution in [0.1, 0.15) is 205 Å². The second-order valence-electron chi connectivity index (χ2n) is 28.0. The minimum absolute atomic E-state index is 0.0246. The SMILES string of the molecule is C=C1C[C@H](CC)OC1CC[C@H]1C[C@@H](C)C(=C)C(C[C@@H]2O[C@H]3C[C@@H](C)[C@@H](CCC)O[C@H]3[C@H](C)[C@H]2O)O1.C=C=C(C)C[C@@H](C)CCC1O[C@@H](COC(=O)C(C)(C)C)CC1=C.CCC[C@H]1O[C@H]2[C@H](C)[C@@H](OCc3ccc(OC)cc3)[C@H](CC=O)O[C@H]2C[C@H]1C. The fourth-order valence-corrected chi connectivity index (χ4v) is 14.1. The van der Waals surface area contributed by atoms with E-state index in [1.165, 1.54) is 11.1 Å². The Bertz CT molecular complexity index is 2340. The van der Waals surface area contributed by atoms with Crippen LogP contribution in [0.5, 0.6) is 5.75 Å². The predicted molar refractivity (Wildman–Crippen MR) is 341 cm³/mol. The van der Waals surface area contributed by atoms with Crippen LogP contribution in [0.2, 0.25) is 0 Å². The zero-order chi connectivity index (χ0) is 63.0. The van der Waals surface area contributed by atoms with Gasteiger partial charge in [0.25, 0.3) is 0 Å². The average molecular weight is 1200 g/mol. The summed E-state index contributed by atoms with van der Waals surface area (Å²) in [5, 5.41) is 11.2. The maximum absolute atomic E-state index is 11.8. The molecule has 486 valence electrons. The number of aliphatic hydroxyl groups excluding tert-OH is 1. The first-order chi connectivity index (χ1) is 40.9. The molecule has 7 heterocycles. The van der Waals surface area contributed by atoms with E-state index in [4.69, 9.17) is 47.4 Å². The standard InChI is InChI=1S/C30H50O5.C23H34O5.C20H32O3/c1-8-10-24-19(5)15-28-30(35-24)21(7)29(31)27(34-28)16-26-20(6)17(3)13-23(33-26)11-12-25-18(4)14-22(9-2)32-25;1-5-6-19-15(2)13-21-23(28-19)16(3)22(20(27-21)11-12-24)26-14-17-7-9-18(25-4)10-8-17;1-8-14(2)11-15(3)9-10-18-16(4)12-17(23-18)13-22-19(21)20(5,6)7/h17,19,21-31H,4,6,8-16H2,1-3,5,7H3;7-10,12,15-16,19-23H,5-6,11,13-14H2,1-4H3;15,17-18H,1,4,9-13H2,2-3,5-7H3/t17-,19-,21-,22+,23+,24-,25?,26?,27+,28+,29-,30+;15-,16-,19-,20+,21+,22-,23+;15-,17+,18?/m110/s1. The zero-order valence-corrected chi connectivity index (χ0v) is 55.7. The molecule has 3 unspecified atom stereocenters. The van der Waals surface area contributed by atoms with Gasteiger partial charge >= 0.3 is 5.97 Å². The molecule has 0 aromatic heterocycles. The summed E-state index contributed by atoms with van der Waals surface area (Å²) in [6, 6.07) is 7.86. The molecular formula is C73H116O13. The van der Waals surface area contributed by atoms with Crippen molar-refractivity contribution in [3.63, 3.8) is 0 Å². The summed E-state index contributed by atoms with van der Waals surface area (Å²) in [6.45, 7) is 44.8. The number of ether oxygens (including phenoxy) is 10. The van der Waals surface area contributed by atoms with E-state index in [9.17, 15) is 14.7 Å². The second kappa shape index (κ2) is 34.1. The lowest BCUT2D eigenvalue weighted by molar-refractivity contribution is -0.263. The van der Waals surface area contributed by atoms with Crippen LogP contribution in [0.15, 0.2) is 78.6 Å². The van der Waals surface area contributed by atoms with Crippen molar-refractivity contribution in [2.45, 2.75) is 303 Å². The Balaban J connectivity index is 0.000000212. The molecule has 7 fully saturated rings. The molecular weight excluding hydrogens is 1080 g/mol. The van der Waals surface area contributed by atoms with Gasteiger partial charge in [-0.2, -0.15) is 0 Å². The summed E-state index contributed by atoms with van der Waals surface area (Å²) in [6.07, 6.45) is 17.2. The number of rotatable bonds is 23. The van der Waals surface area contributed by atoms with E-state index in [0.29, 0.717) is 55.8 Å². The van der Waals surface area contributed by atoms with Crippen molar-refractivity contribution in [3.8, 4) is 5.75 Å². The van der Waals surface area contributed by atoms with Crippen molar-refractivity contribution in [2.24, 2.45) is 40.9 Å². The third-order valence-corrected chi connectivity index (χ3v) is 19.7. The molecule has 7 aliphatic rings. The van der Waals surface area contributed by atoms with Crippen molar-refractivity contribution in [2.75, 3.05) is 13.7 Å². The number of carbonyl (C=O) groups is 2. The summed E-state index contributed by atoms with van der Waals surface area (Å²) in [7, 11) is 1.66. The van der Waals surface area contributed by atoms with E-state index in [0.717, 1.165) is 125 Å². The Morgan fingerprint density at radius 1 is 0.733 bits per heavy atom. The van der Waals surface area contributed by atoms with Gasteiger partial charge in [-0.1, -0.05) is 114 Å². The van der Waals surface area contributed by atoms with Crippen molar-refractivity contribution < 1.29 is 62.1 Å². The molecule has 1 aromatic carbocycles. The van der Waals surface area contributed by atoms with Crippen LogP contribution in [-0.2, 0) is 58.8 Å². The Morgan fingerprint density at radius 2 is 1.30 bits per heavy atom. The summed E-state index contributed by atoms with van der Waals surface area (Å²) in [4.78, 5) is 23.1. The molecule has 0 aliphatic carbocycles. The molecule has 0 saturated carbocycles. The number of benzene rings is 1. The maximum atomic E-state index is 11.8. The van der Waals surface area contributed by atoms with Gasteiger partial charge in [-0.15, -0.1) is 5.73 Å². The summed E-state index contributed by atoms with van der Waals surface area (Å²) >= 11 is 0. The number of aliphatic hydroxyl groups is 1. The lowest BCUT2D eigenvalue weighted by Crippen LogP contribution is -2.59. The van der Waals surface area contributed by atoms with Gasteiger partial charge in [0.05, 0.1) is 117 Å². The number of hydrogen-bond acceptors (Lipinski definition) is 13. The highest BCUT2D eigenvalue weighted by molar-refractivity contribution is 5.75. The van der Waals surface area contributed by atoms with E-state index < -0.39 is 11.5 Å². The van der Waals surface area contributed by atoms with Gasteiger partial charge in [-0.3, -0.25) is 4.79 Å². The average Bonchev–Trinajstić information content (AvgIpc) is 1.13. The third kappa shape index (κ3) is 20.0. The van der Waals surface area contributed by atoms with Crippen LogP contribution in [0.3, 0.4) is 0 Å². The fourth-order valence-electron chi connectivity index (χ4n) is 14.1. The van der Waals surface area contributed by atoms with E-state index in [-0.39, 0.29) is 103 Å². The van der Waals surface area contributed by atoms with Crippen molar-refractivity contribution in [3.05, 3.63) is 84.2 Å². The lowest BCUT2D eigenvalue weighted by atomic mass is 9.78. The lowest BCUT2D eigenvalue weighted by Gasteiger charge is -2.50. The van der Waals surface area contributed by atoms with E-state index in [1.807, 2.05) is 45.0 Å². The van der Waals surface area contributed by atoms with Crippen LogP contribution < -0.4 is 4.74 Å². The number of allylic oxidation sites excluding steroid dienone is 1. The van der Waals surface area contributed by atoms with Gasteiger partial charge in [-0.05, 0) is 168 Å². The monoisotopic (exact) mass is 1200 g/mol. The van der Waals surface area contributed by atoms with Gasteiger partial charge in [0, 0.05) is 31.1 Å². The molecule has 13 nitrogen and oxygen atoms in total. The predicted octanol–water partition coefficient (Wildman–Crippen LogP) is 15.0. The van der Waals surface area contributed by atoms with Crippen LogP contribution in [0, 0.1) is 40.9 Å². The minimum Gasteiger partial charge on any atom is -0.497 e. The Kier molecular flexibility index (Phi) is 28.4. The molecule has 0 radical (unpaired) electrons. The van der Waals surface area contributed by atoms with Gasteiger partial charge in [0.15, 0.2) is 0 Å². The Labute approximate surface area is 520 Å². The van der Waals surface area contributed by atoms with Gasteiger partial charge in [0.1, 0.15) is 18.6 Å². The maximum Gasteiger partial charge on any atom is 0.311 e. The Hall–Kier alpha value is -3.46. The number of hydrogen-bond donors (Lipinski definition) is 1. The highest BCUT2D eigenvalue weighted by atomic mass is 16.6. The highest BCUT2D eigenvalue weighted by Gasteiger charge is 2.51.